The van der Waals surface area contributed by atoms with Crippen molar-refractivity contribution in [2.75, 3.05) is 23.7 Å². The molecule has 1 amide bonds. The number of rotatable bonds is 4. The van der Waals surface area contributed by atoms with E-state index in [9.17, 15) is 9.59 Å². The number of nitrogens with two attached hydrogens (primary N) is 1. The van der Waals surface area contributed by atoms with Crippen molar-refractivity contribution in [1.82, 2.24) is 5.32 Å². The van der Waals surface area contributed by atoms with E-state index in [1.807, 2.05) is 32.9 Å². The van der Waals surface area contributed by atoms with Crippen LogP contribution in [0.15, 0.2) is 18.2 Å². The Labute approximate surface area is 155 Å². The van der Waals surface area contributed by atoms with E-state index in [1.165, 1.54) is 0 Å². The zero-order valence-electron chi connectivity index (χ0n) is 15.9. The lowest BCUT2D eigenvalue weighted by molar-refractivity contribution is 0.0497. The number of nitrogens with one attached hydrogen (secondary N) is 1. The number of carbonyl (C=O) groups excluding carboxylic acids is 2. The Morgan fingerprint density at radius 1 is 1.15 bits per heavy atom. The first kappa shape index (κ1) is 18.5. The smallest absolute Gasteiger partial charge is 0.407 e. The number of Topliss-reactive ketones (excluding diaryl/α,β-unsaturated/α-hetero) is 1. The van der Waals surface area contributed by atoms with E-state index in [-0.39, 0.29) is 23.8 Å². The molecule has 6 heteroatoms. The molecule has 1 aliphatic carbocycles. The molecule has 0 aromatic heterocycles. The molecule has 3 N–H and O–H groups in total. The van der Waals surface area contributed by atoms with Gasteiger partial charge in [0.15, 0.2) is 5.78 Å². The van der Waals surface area contributed by atoms with Crippen LogP contribution >= 0.6 is 0 Å². The van der Waals surface area contributed by atoms with Crippen LogP contribution < -0.4 is 16.0 Å². The van der Waals surface area contributed by atoms with E-state index in [4.69, 9.17) is 10.5 Å². The Balaban J connectivity index is 1.54. The van der Waals surface area contributed by atoms with Crippen molar-refractivity contribution in [2.45, 2.75) is 58.1 Å². The molecule has 1 heterocycles. The first-order chi connectivity index (χ1) is 12.2. The third-order valence-corrected chi connectivity index (χ3v) is 4.82. The molecule has 3 rings (SSSR count). The first-order valence-electron chi connectivity index (χ1n) is 9.41. The summed E-state index contributed by atoms with van der Waals surface area (Å²) in [5, 5.41) is 2.94. The highest BCUT2D eigenvalue weighted by Gasteiger charge is 2.31. The molecule has 26 heavy (non-hydrogen) atoms. The molecule has 0 unspecified atom stereocenters. The van der Waals surface area contributed by atoms with Gasteiger partial charge in [0.2, 0.25) is 0 Å². The molecule has 1 aromatic carbocycles. The highest BCUT2D eigenvalue weighted by molar-refractivity contribution is 6.00. The van der Waals surface area contributed by atoms with E-state index in [2.05, 4.69) is 10.2 Å². The van der Waals surface area contributed by atoms with Gasteiger partial charge in [0.05, 0.1) is 11.4 Å². The van der Waals surface area contributed by atoms with Gasteiger partial charge in [0.25, 0.3) is 0 Å². The van der Waals surface area contributed by atoms with Gasteiger partial charge in [-0.05, 0) is 64.7 Å². The Bertz CT molecular complexity index is 684. The number of amides is 1. The molecule has 0 atom stereocenters. The number of anilines is 2. The lowest BCUT2D eigenvalue weighted by atomic mass is 10.0. The zero-order chi connectivity index (χ0) is 18.9. The Hall–Kier alpha value is -2.24. The van der Waals surface area contributed by atoms with E-state index in [0.717, 1.165) is 50.0 Å². The van der Waals surface area contributed by atoms with Crippen LogP contribution in [-0.4, -0.2) is 36.6 Å². The minimum Gasteiger partial charge on any atom is -0.444 e. The average Bonchev–Trinajstić information content (AvgIpc) is 3.38. The second kappa shape index (κ2) is 7.17. The van der Waals surface area contributed by atoms with Gasteiger partial charge in [0, 0.05) is 30.6 Å². The molecule has 0 radical (unpaired) electrons. The number of ether oxygens (including phenoxy) is 1. The maximum atomic E-state index is 12.2. The van der Waals surface area contributed by atoms with Crippen LogP contribution in [0.3, 0.4) is 0 Å². The van der Waals surface area contributed by atoms with Crippen LogP contribution in [0.5, 0.6) is 0 Å². The molecule has 1 saturated heterocycles. The molecule has 2 aliphatic rings. The minimum absolute atomic E-state index is 0.109. The summed E-state index contributed by atoms with van der Waals surface area (Å²) in [6.45, 7) is 7.18. The standard InChI is InChI=1S/C20H29N3O3/c1-20(2,3)26-19(25)22-15-8-10-23(11-9-15)17-7-6-14(12-16(17)21)18(24)13-4-5-13/h6-7,12-13,15H,4-5,8-11,21H2,1-3H3,(H,22,25). The largest absolute Gasteiger partial charge is 0.444 e. The SMILES string of the molecule is CC(C)(C)OC(=O)NC1CCN(c2ccc(C(=O)C3CC3)cc2N)CC1. The number of nitrogens with zero attached hydrogens (tertiary/aromatic N) is 1. The number of piperidine rings is 1. The lowest BCUT2D eigenvalue weighted by Gasteiger charge is -2.35. The van der Waals surface area contributed by atoms with Crippen LogP contribution in [0.4, 0.5) is 16.2 Å². The predicted octanol–water partition coefficient (Wildman–Crippen LogP) is 3.36. The maximum absolute atomic E-state index is 12.2. The van der Waals surface area contributed by atoms with E-state index in [0.29, 0.717) is 5.69 Å². The van der Waals surface area contributed by atoms with E-state index >= 15 is 0 Å². The highest BCUT2D eigenvalue weighted by Crippen LogP contribution is 2.34. The number of alkyl carbamates (subject to hydrolysis) is 1. The van der Waals surface area contributed by atoms with Crippen molar-refractivity contribution < 1.29 is 14.3 Å². The van der Waals surface area contributed by atoms with Gasteiger partial charge < -0.3 is 20.7 Å². The highest BCUT2D eigenvalue weighted by atomic mass is 16.6. The quantitative estimate of drug-likeness (QED) is 0.636. The van der Waals surface area contributed by atoms with E-state index < -0.39 is 5.60 Å². The fraction of sp³-hybridized carbons (Fsp3) is 0.600. The second-order valence-electron chi connectivity index (χ2n) is 8.32. The zero-order valence-corrected chi connectivity index (χ0v) is 15.9. The van der Waals surface area contributed by atoms with Crippen molar-refractivity contribution in [3.63, 3.8) is 0 Å². The fourth-order valence-electron chi connectivity index (χ4n) is 3.32. The number of nitrogen functional groups attached to an aromatic ring is 1. The van der Waals surface area contributed by atoms with Crippen LogP contribution in [0.25, 0.3) is 0 Å². The average molecular weight is 359 g/mol. The molecule has 1 aromatic rings. The second-order valence-corrected chi connectivity index (χ2v) is 8.32. The number of benzene rings is 1. The molecule has 1 aliphatic heterocycles. The molecule has 142 valence electrons. The summed E-state index contributed by atoms with van der Waals surface area (Å²) in [7, 11) is 0. The van der Waals surface area contributed by atoms with Crippen LogP contribution in [0.2, 0.25) is 0 Å². The van der Waals surface area contributed by atoms with Crippen LogP contribution in [-0.2, 0) is 4.74 Å². The lowest BCUT2D eigenvalue weighted by Crippen LogP contribution is -2.46. The normalized spacial score (nSPS) is 18.5. The van der Waals surface area contributed by atoms with Gasteiger partial charge in [-0.25, -0.2) is 4.79 Å². The predicted molar refractivity (Wildman–Crippen MR) is 103 cm³/mol. The molecule has 2 fully saturated rings. The van der Waals surface area contributed by atoms with Gasteiger partial charge in [-0.2, -0.15) is 0 Å². The summed E-state index contributed by atoms with van der Waals surface area (Å²) >= 11 is 0. The van der Waals surface area contributed by atoms with Gasteiger partial charge in [-0.1, -0.05) is 0 Å². The molecular weight excluding hydrogens is 330 g/mol. The van der Waals surface area contributed by atoms with Gasteiger partial charge >= 0.3 is 6.09 Å². The maximum Gasteiger partial charge on any atom is 0.407 e. The summed E-state index contributed by atoms with van der Waals surface area (Å²) < 4.78 is 5.32. The van der Waals surface area contributed by atoms with Crippen molar-refractivity contribution in [3.8, 4) is 0 Å². The summed E-state index contributed by atoms with van der Waals surface area (Å²) in [5.74, 6) is 0.415. The number of ketones is 1. The van der Waals surface area contributed by atoms with Crippen molar-refractivity contribution >= 4 is 23.3 Å². The Morgan fingerprint density at radius 3 is 2.35 bits per heavy atom. The summed E-state index contributed by atoms with van der Waals surface area (Å²) in [6.07, 6.45) is 3.30. The van der Waals surface area contributed by atoms with Crippen molar-refractivity contribution in [1.29, 1.82) is 0 Å². The molecule has 0 bridgehead atoms. The number of hydrogen-bond donors (Lipinski definition) is 2. The first-order valence-corrected chi connectivity index (χ1v) is 9.41. The molecule has 0 spiro atoms. The van der Waals surface area contributed by atoms with Crippen LogP contribution in [0.1, 0.15) is 56.8 Å². The van der Waals surface area contributed by atoms with Gasteiger partial charge in [0.1, 0.15) is 5.60 Å². The summed E-state index contributed by atoms with van der Waals surface area (Å²) in [6, 6.07) is 5.75. The minimum atomic E-state index is -0.487. The Kier molecular flexibility index (Phi) is 5.12. The van der Waals surface area contributed by atoms with Crippen LogP contribution in [0, 0.1) is 5.92 Å². The topological polar surface area (TPSA) is 84.7 Å². The number of hydrogen-bond acceptors (Lipinski definition) is 5. The third-order valence-electron chi connectivity index (χ3n) is 4.82. The molecule has 1 saturated carbocycles. The molecule has 6 nitrogen and oxygen atoms in total. The molecular formula is C20H29N3O3. The fourth-order valence-corrected chi connectivity index (χ4v) is 3.32. The summed E-state index contributed by atoms with van der Waals surface area (Å²) in [5.41, 5.74) is 8.06. The Morgan fingerprint density at radius 2 is 1.81 bits per heavy atom. The third kappa shape index (κ3) is 4.68. The summed E-state index contributed by atoms with van der Waals surface area (Å²) in [4.78, 5) is 26.3. The number of carbonyl (C=O) groups is 2. The van der Waals surface area contributed by atoms with Crippen molar-refractivity contribution in [3.05, 3.63) is 23.8 Å². The van der Waals surface area contributed by atoms with Gasteiger partial charge in [-0.3, -0.25) is 4.79 Å². The van der Waals surface area contributed by atoms with Gasteiger partial charge in [-0.15, -0.1) is 0 Å². The van der Waals surface area contributed by atoms with E-state index in [1.54, 1.807) is 6.07 Å². The van der Waals surface area contributed by atoms with Crippen molar-refractivity contribution in [2.24, 2.45) is 5.92 Å². The monoisotopic (exact) mass is 359 g/mol.